The van der Waals surface area contributed by atoms with Gasteiger partial charge in [-0.2, -0.15) is 0 Å². The first-order valence-corrected chi connectivity index (χ1v) is 17.5. The van der Waals surface area contributed by atoms with Crippen molar-refractivity contribution in [2.24, 2.45) is 0 Å². The maximum atomic E-state index is 2.40. The standard InChI is InChI=1S/C46H30N2S/c1-2-11-34(12-3-1)47(37-27-29-45-41(30-37)39-14-7-9-17-44(39)49-45)35-23-18-31(19-24-35)32-20-25-36(26-21-32)48-42-16-8-6-15-40(42)46-38-13-5-4-10-33(38)22-28-43(46)48/h1-30H. The van der Waals surface area contributed by atoms with Crippen LogP contribution in [-0.4, -0.2) is 4.57 Å². The molecule has 0 aliphatic heterocycles. The van der Waals surface area contributed by atoms with Gasteiger partial charge in [0.1, 0.15) is 0 Å². The van der Waals surface area contributed by atoms with E-state index in [-0.39, 0.29) is 0 Å². The van der Waals surface area contributed by atoms with Gasteiger partial charge in [0.2, 0.25) is 0 Å². The van der Waals surface area contributed by atoms with E-state index in [1.54, 1.807) is 0 Å². The lowest BCUT2D eigenvalue weighted by molar-refractivity contribution is 1.18. The highest BCUT2D eigenvalue weighted by Crippen LogP contribution is 2.41. The molecule has 3 heteroatoms. The van der Waals surface area contributed by atoms with E-state index >= 15 is 0 Å². The summed E-state index contributed by atoms with van der Waals surface area (Å²) in [5.41, 5.74) is 9.41. The number of nitrogens with zero attached hydrogens (tertiary/aromatic N) is 2. The summed E-state index contributed by atoms with van der Waals surface area (Å²) in [4.78, 5) is 2.35. The molecule has 2 aromatic heterocycles. The quantitative estimate of drug-likeness (QED) is 0.181. The van der Waals surface area contributed by atoms with Crippen molar-refractivity contribution in [2.75, 3.05) is 4.90 Å². The van der Waals surface area contributed by atoms with Crippen LogP contribution in [0.15, 0.2) is 182 Å². The van der Waals surface area contributed by atoms with Gasteiger partial charge >= 0.3 is 0 Å². The van der Waals surface area contributed by atoms with Gasteiger partial charge < -0.3 is 9.47 Å². The fraction of sp³-hybridized carbons (Fsp3) is 0. The van der Waals surface area contributed by atoms with E-state index in [4.69, 9.17) is 0 Å². The summed E-state index contributed by atoms with van der Waals surface area (Å²) in [6.07, 6.45) is 0. The molecule has 0 fully saturated rings. The molecule has 0 saturated carbocycles. The lowest BCUT2D eigenvalue weighted by atomic mass is 10.0. The number of para-hydroxylation sites is 2. The molecule has 0 unspecified atom stereocenters. The van der Waals surface area contributed by atoms with Crippen LogP contribution < -0.4 is 4.90 Å². The third-order valence-electron chi connectivity index (χ3n) is 9.78. The molecule has 0 aliphatic carbocycles. The SMILES string of the molecule is c1ccc(N(c2ccc(-c3ccc(-n4c5ccccc5c5c6ccccc6ccc54)cc3)cc2)c2ccc3sc4ccccc4c3c2)cc1. The Morgan fingerprint density at radius 2 is 1.00 bits per heavy atom. The topological polar surface area (TPSA) is 8.17 Å². The van der Waals surface area contributed by atoms with Crippen molar-refractivity contribution < 1.29 is 0 Å². The molecule has 10 aromatic rings. The molecule has 0 spiro atoms. The Hall–Kier alpha value is -6.16. The third kappa shape index (κ3) is 4.55. The summed E-state index contributed by atoms with van der Waals surface area (Å²) in [7, 11) is 0. The molecule has 0 N–H and O–H groups in total. The maximum Gasteiger partial charge on any atom is 0.0547 e. The molecular formula is C46H30N2S. The summed E-state index contributed by atoms with van der Waals surface area (Å²) in [5, 5.41) is 7.76. The van der Waals surface area contributed by atoms with Crippen LogP contribution in [0.2, 0.25) is 0 Å². The highest BCUT2D eigenvalue weighted by molar-refractivity contribution is 7.25. The summed E-state index contributed by atoms with van der Waals surface area (Å²) in [6.45, 7) is 0. The molecule has 0 bridgehead atoms. The maximum absolute atomic E-state index is 2.40. The summed E-state index contributed by atoms with van der Waals surface area (Å²) >= 11 is 1.85. The van der Waals surface area contributed by atoms with E-state index in [1.165, 1.54) is 63.9 Å². The van der Waals surface area contributed by atoms with Crippen LogP contribution in [0.5, 0.6) is 0 Å². The Bertz CT molecular complexity index is 2810. The molecule has 0 amide bonds. The van der Waals surface area contributed by atoms with Crippen molar-refractivity contribution in [2.45, 2.75) is 0 Å². The van der Waals surface area contributed by atoms with Gasteiger partial charge in [-0.05, 0) is 94.7 Å². The largest absolute Gasteiger partial charge is 0.310 e. The summed E-state index contributed by atoms with van der Waals surface area (Å²) in [5.74, 6) is 0. The van der Waals surface area contributed by atoms with E-state index in [0.29, 0.717) is 0 Å². The zero-order chi connectivity index (χ0) is 32.3. The predicted molar refractivity (Wildman–Crippen MR) is 211 cm³/mol. The first kappa shape index (κ1) is 27.9. The molecule has 2 heterocycles. The number of thiophene rings is 1. The fourth-order valence-corrected chi connectivity index (χ4v) is 8.59. The van der Waals surface area contributed by atoms with Crippen LogP contribution in [0, 0.1) is 0 Å². The van der Waals surface area contributed by atoms with Gasteiger partial charge in [0.25, 0.3) is 0 Å². The van der Waals surface area contributed by atoms with Crippen molar-refractivity contribution in [3.8, 4) is 16.8 Å². The molecule has 0 radical (unpaired) electrons. The molecule has 10 rings (SSSR count). The molecule has 2 nitrogen and oxygen atoms in total. The second kappa shape index (κ2) is 11.2. The molecule has 8 aromatic carbocycles. The van der Waals surface area contributed by atoms with Crippen LogP contribution in [0.3, 0.4) is 0 Å². The van der Waals surface area contributed by atoms with Crippen LogP contribution in [0.4, 0.5) is 17.1 Å². The van der Waals surface area contributed by atoms with E-state index in [0.717, 1.165) is 22.7 Å². The number of hydrogen-bond acceptors (Lipinski definition) is 2. The van der Waals surface area contributed by atoms with Crippen molar-refractivity contribution in [3.63, 3.8) is 0 Å². The lowest BCUT2D eigenvalue weighted by Crippen LogP contribution is -2.09. The Balaban J connectivity index is 1.03. The second-order valence-electron chi connectivity index (χ2n) is 12.6. The van der Waals surface area contributed by atoms with Gasteiger partial charge in [-0.25, -0.2) is 0 Å². The zero-order valence-electron chi connectivity index (χ0n) is 26.6. The number of aromatic nitrogens is 1. The van der Waals surface area contributed by atoms with Crippen molar-refractivity contribution in [1.82, 2.24) is 4.57 Å². The minimum atomic E-state index is 1.13. The Kier molecular flexibility index (Phi) is 6.39. The van der Waals surface area contributed by atoms with Gasteiger partial charge in [-0.3, -0.25) is 0 Å². The number of rotatable bonds is 5. The average molecular weight is 643 g/mol. The monoisotopic (exact) mass is 642 g/mol. The molecule has 0 atom stereocenters. The van der Waals surface area contributed by atoms with Crippen LogP contribution in [-0.2, 0) is 0 Å². The minimum Gasteiger partial charge on any atom is -0.310 e. The first-order chi connectivity index (χ1) is 24.3. The van der Waals surface area contributed by atoms with Gasteiger partial charge in [-0.15, -0.1) is 11.3 Å². The number of benzene rings is 8. The zero-order valence-corrected chi connectivity index (χ0v) is 27.4. The highest BCUT2D eigenvalue weighted by Gasteiger charge is 2.16. The Morgan fingerprint density at radius 1 is 0.388 bits per heavy atom. The summed E-state index contributed by atoms with van der Waals surface area (Å²) in [6, 6.07) is 66.1. The summed E-state index contributed by atoms with van der Waals surface area (Å²) < 4.78 is 5.03. The van der Waals surface area contributed by atoms with Gasteiger partial charge in [0.15, 0.2) is 0 Å². The second-order valence-corrected chi connectivity index (χ2v) is 13.7. The van der Waals surface area contributed by atoms with E-state index in [9.17, 15) is 0 Å². The van der Waals surface area contributed by atoms with E-state index < -0.39 is 0 Å². The normalized spacial score (nSPS) is 11.7. The average Bonchev–Trinajstić information content (AvgIpc) is 3.72. The van der Waals surface area contributed by atoms with Crippen molar-refractivity contribution in [1.29, 1.82) is 0 Å². The predicted octanol–water partition coefficient (Wildman–Crippen LogP) is 13.4. The third-order valence-corrected chi connectivity index (χ3v) is 10.9. The lowest BCUT2D eigenvalue weighted by Gasteiger charge is -2.26. The van der Waals surface area contributed by atoms with Crippen LogP contribution in [0.25, 0.3) is 69.6 Å². The van der Waals surface area contributed by atoms with Crippen LogP contribution in [0.1, 0.15) is 0 Å². The Morgan fingerprint density at radius 3 is 1.82 bits per heavy atom. The van der Waals surface area contributed by atoms with Crippen LogP contribution >= 0.6 is 11.3 Å². The first-order valence-electron chi connectivity index (χ1n) is 16.7. The molecule has 0 saturated heterocycles. The Labute approximate surface area is 288 Å². The minimum absolute atomic E-state index is 1.13. The van der Waals surface area contributed by atoms with Crippen molar-refractivity contribution >= 4 is 81.1 Å². The van der Waals surface area contributed by atoms with Gasteiger partial charge in [0, 0.05) is 53.7 Å². The van der Waals surface area contributed by atoms with Gasteiger partial charge in [-0.1, -0.05) is 109 Å². The number of fused-ring (bicyclic) bond motifs is 8. The van der Waals surface area contributed by atoms with E-state index in [2.05, 4.69) is 191 Å². The highest BCUT2D eigenvalue weighted by atomic mass is 32.1. The van der Waals surface area contributed by atoms with Crippen molar-refractivity contribution in [3.05, 3.63) is 182 Å². The number of anilines is 3. The fourth-order valence-electron chi connectivity index (χ4n) is 7.50. The molecule has 230 valence electrons. The molecule has 0 aliphatic rings. The molecule has 49 heavy (non-hydrogen) atoms. The number of hydrogen-bond donors (Lipinski definition) is 0. The molecular weight excluding hydrogens is 613 g/mol. The van der Waals surface area contributed by atoms with E-state index in [1.807, 2.05) is 11.3 Å². The smallest absolute Gasteiger partial charge is 0.0547 e. The van der Waals surface area contributed by atoms with Gasteiger partial charge in [0.05, 0.1) is 11.0 Å².